The minimum atomic E-state index is -0.0213. The van der Waals surface area contributed by atoms with E-state index in [0.717, 1.165) is 30.2 Å². The van der Waals surface area contributed by atoms with Crippen molar-refractivity contribution in [3.05, 3.63) is 41.6 Å². The lowest BCUT2D eigenvalue weighted by molar-refractivity contribution is -0.122. The van der Waals surface area contributed by atoms with Gasteiger partial charge in [-0.1, -0.05) is 0 Å². The van der Waals surface area contributed by atoms with Gasteiger partial charge in [0.2, 0.25) is 5.91 Å². The second kappa shape index (κ2) is 7.00. The molecule has 1 saturated heterocycles. The van der Waals surface area contributed by atoms with E-state index in [1.165, 1.54) is 12.8 Å². The van der Waals surface area contributed by atoms with Gasteiger partial charge in [-0.05, 0) is 58.0 Å². The zero-order valence-corrected chi connectivity index (χ0v) is 13.8. The summed E-state index contributed by atoms with van der Waals surface area (Å²) in [4.78, 5) is 14.6. The molecule has 1 amide bonds. The van der Waals surface area contributed by atoms with Crippen molar-refractivity contribution in [2.75, 3.05) is 19.6 Å². The number of likely N-dealkylation sites (tertiary alicyclic amines) is 1. The Kier molecular flexibility index (Phi) is 4.81. The fourth-order valence-corrected chi connectivity index (χ4v) is 3.18. The van der Waals surface area contributed by atoms with Crippen LogP contribution < -0.4 is 5.32 Å². The Hall–Kier alpha value is -2.08. The molecule has 2 aromatic heterocycles. The van der Waals surface area contributed by atoms with Gasteiger partial charge < -0.3 is 9.73 Å². The van der Waals surface area contributed by atoms with Crippen LogP contribution in [0.15, 0.2) is 28.9 Å². The van der Waals surface area contributed by atoms with Crippen molar-refractivity contribution in [3.8, 4) is 0 Å². The van der Waals surface area contributed by atoms with E-state index in [0.29, 0.717) is 6.54 Å². The highest BCUT2D eigenvalue weighted by atomic mass is 16.3. The molecule has 0 aromatic carbocycles. The number of nitrogens with zero attached hydrogens (tertiary/aromatic N) is 3. The van der Waals surface area contributed by atoms with Crippen LogP contribution in [-0.4, -0.2) is 40.2 Å². The Balaban J connectivity index is 1.60. The van der Waals surface area contributed by atoms with E-state index in [2.05, 4.69) is 15.3 Å². The normalized spacial score (nSPS) is 16.6. The third-order valence-corrected chi connectivity index (χ3v) is 4.34. The minimum Gasteiger partial charge on any atom is -0.468 e. The van der Waals surface area contributed by atoms with Gasteiger partial charge in [-0.2, -0.15) is 5.10 Å². The monoisotopic (exact) mass is 316 g/mol. The molecule has 23 heavy (non-hydrogen) atoms. The Labute approximate surface area is 136 Å². The van der Waals surface area contributed by atoms with Crippen molar-refractivity contribution in [2.45, 2.75) is 39.3 Å². The van der Waals surface area contributed by atoms with Crippen LogP contribution >= 0.6 is 0 Å². The molecule has 0 bridgehead atoms. The summed E-state index contributed by atoms with van der Waals surface area (Å²) in [5.41, 5.74) is 1.93. The van der Waals surface area contributed by atoms with Gasteiger partial charge >= 0.3 is 0 Å². The predicted molar refractivity (Wildman–Crippen MR) is 87.0 cm³/mol. The van der Waals surface area contributed by atoms with E-state index in [9.17, 15) is 4.79 Å². The number of carbonyl (C=O) groups excluding carboxylic acids is 1. The highest BCUT2D eigenvalue weighted by Crippen LogP contribution is 2.24. The molecule has 6 nitrogen and oxygen atoms in total. The number of nitrogens with one attached hydrogen (secondary N) is 1. The van der Waals surface area contributed by atoms with Crippen molar-refractivity contribution < 1.29 is 9.21 Å². The molecule has 0 spiro atoms. The average Bonchev–Trinajstić information content (AvgIpc) is 3.24. The van der Waals surface area contributed by atoms with Gasteiger partial charge in [0, 0.05) is 12.2 Å². The molecule has 0 unspecified atom stereocenters. The average molecular weight is 316 g/mol. The van der Waals surface area contributed by atoms with Crippen LogP contribution in [0, 0.1) is 13.8 Å². The van der Waals surface area contributed by atoms with E-state index < -0.39 is 0 Å². The number of hydrogen-bond donors (Lipinski definition) is 1. The minimum absolute atomic E-state index is 0.0213. The van der Waals surface area contributed by atoms with Crippen LogP contribution in [0.25, 0.3) is 0 Å². The fraction of sp³-hybridized carbons (Fsp3) is 0.529. The standard InChI is InChI=1S/C17H24N4O2/c1-13-10-14(2)21(19-13)12-17(22)18-11-15(16-6-5-9-23-16)20-7-3-4-8-20/h5-6,9-10,15H,3-4,7-8,11-12H2,1-2H3,(H,18,22)/t15-/m1/s1. The second-order valence-electron chi connectivity index (χ2n) is 6.16. The first kappa shape index (κ1) is 15.8. The van der Waals surface area contributed by atoms with Gasteiger partial charge in [-0.25, -0.2) is 0 Å². The first-order valence-corrected chi connectivity index (χ1v) is 8.18. The summed E-state index contributed by atoms with van der Waals surface area (Å²) in [5.74, 6) is 0.894. The van der Waals surface area contributed by atoms with Gasteiger partial charge in [-0.15, -0.1) is 0 Å². The first-order chi connectivity index (χ1) is 11.1. The Bertz CT molecular complexity index is 642. The lowest BCUT2D eigenvalue weighted by Gasteiger charge is -2.26. The van der Waals surface area contributed by atoms with Gasteiger partial charge in [0.25, 0.3) is 0 Å². The first-order valence-electron chi connectivity index (χ1n) is 8.18. The molecule has 1 aliphatic rings. The van der Waals surface area contributed by atoms with E-state index in [1.807, 2.05) is 32.0 Å². The topological polar surface area (TPSA) is 63.3 Å². The summed E-state index contributed by atoms with van der Waals surface area (Å²) in [5, 5.41) is 7.36. The summed E-state index contributed by atoms with van der Waals surface area (Å²) in [6.45, 7) is 6.82. The maximum Gasteiger partial charge on any atom is 0.241 e. The summed E-state index contributed by atoms with van der Waals surface area (Å²) < 4.78 is 7.31. The largest absolute Gasteiger partial charge is 0.468 e. The SMILES string of the molecule is Cc1cc(C)n(CC(=O)NC[C@H](c2ccco2)N2CCCC2)n1. The van der Waals surface area contributed by atoms with Crippen LogP contribution in [0.1, 0.15) is 36.0 Å². The Morgan fingerprint density at radius 2 is 2.17 bits per heavy atom. The molecule has 1 N–H and O–H groups in total. The van der Waals surface area contributed by atoms with Crippen LogP contribution in [0.2, 0.25) is 0 Å². The maximum atomic E-state index is 12.2. The molecule has 1 aliphatic heterocycles. The molecule has 3 rings (SSSR count). The molecular weight excluding hydrogens is 292 g/mol. The van der Waals surface area contributed by atoms with E-state index in [4.69, 9.17) is 4.42 Å². The van der Waals surface area contributed by atoms with Crippen LogP contribution in [-0.2, 0) is 11.3 Å². The maximum absolute atomic E-state index is 12.2. The Morgan fingerprint density at radius 3 is 2.78 bits per heavy atom. The zero-order valence-electron chi connectivity index (χ0n) is 13.8. The number of amides is 1. The van der Waals surface area contributed by atoms with Gasteiger partial charge in [-0.3, -0.25) is 14.4 Å². The van der Waals surface area contributed by atoms with Gasteiger partial charge in [0.15, 0.2) is 0 Å². The number of rotatable bonds is 6. The molecule has 0 radical (unpaired) electrons. The fourth-order valence-electron chi connectivity index (χ4n) is 3.18. The number of carbonyl (C=O) groups is 1. The molecule has 6 heteroatoms. The lowest BCUT2D eigenvalue weighted by Crippen LogP contribution is -2.38. The lowest BCUT2D eigenvalue weighted by atomic mass is 10.2. The van der Waals surface area contributed by atoms with E-state index in [-0.39, 0.29) is 18.5 Å². The van der Waals surface area contributed by atoms with Crippen molar-refractivity contribution in [2.24, 2.45) is 0 Å². The van der Waals surface area contributed by atoms with Crippen LogP contribution in [0.5, 0.6) is 0 Å². The molecule has 0 saturated carbocycles. The van der Waals surface area contributed by atoms with Gasteiger partial charge in [0.05, 0.1) is 18.0 Å². The van der Waals surface area contributed by atoms with Crippen molar-refractivity contribution in [1.29, 1.82) is 0 Å². The van der Waals surface area contributed by atoms with E-state index >= 15 is 0 Å². The number of aryl methyl sites for hydroxylation is 2. The van der Waals surface area contributed by atoms with E-state index in [1.54, 1.807) is 10.9 Å². The predicted octanol–water partition coefficient (Wildman–Crippen LogP) is 2.05. The Morgan fingerprint density at radius 1 is 1.39 bits per heavy atom. The summed E-state index contributed by atoms with van der Waals surface area (Å²) in [7, 11) is 0. The molecule has 0 aliphatic carbocycles. The highest BCUT2D eigenvalue weighted by Gasteiger charge is 2.25. The number of hydrogen-bond acceptors (Lipinski definition) is 4. The molecule has 3 heterocycles. The third-order valence-electron chi connectivity index (χ3n) is 4.34. The number of aromatic nitrogens is 2. The van der Waals surface area contributed by atoms with Gasteiger partial charge in [0.1, 0.15) is 12.3 Å². The third kappa shape index (κ3) is 3.82. The van der Waals surface area contributed by atoms with Crippen molar-refractivity contribution in [3.63, 3.8) is 0 Å². The molecule has 2 aromatic rings. The summed E-state index contributed by atoms with van der Waals surface area (Å²) in [6.07, 6.45) is 4.10. The van der Waals surface area contributed by atoms with Crippen LogP contribution in [0.3, 0.4) is 0 Å². The smallest absolute Gasteiger partial charge is 0.241 e. The van der Waals surface area contributed by atoms with Crippen LogP contribution in [0.4, 0.5) is 0 Å². The number of furan rings is 1. The van der Waals surface area contributed by atoms with Crippen molar-refractivity contribution in [1.82, 2.24) is 20.0 Å². The summed E-state index contributed by atoms with van der Waals surface area (Å²) >= 11 is 0. The highest BCUT2D eigenvalue weighted by molar-refractivity contribution is 5.75. The zero-order chi connectivity index (χ0) is 16.2. The molecule has 1 atom stereocenters. The van der Waals surface area contributed by atoms with Crippen molar-refractivity contribution >= 4 is 5.91 Å². The quantitative estimate of drug-likeness (QED) is 0.886. The molecule has 124 valence electrons. The molecular formula is C17H24N4O2. The second-order valence-corrected chi connectivity index (χ2v) is 6.16. The molecule has 1 fully saturated rings. The summed E-state index contributed by atoms with van der Waals surface area (Å²) in [6, 6.07) is 5.96.